The summed E-state index contributed by atoms with van der Waals surface area (Å²) in [6, 6.07) is 7.52. The van der Waals surface area contributed by atoms with E-state index in [9.17, 15) is 14.4 Å². The third-order valence-corrected chi connectivity index (χ3v) is 5.75. The fourth-order valence-corrected chi connectivity index (χ4v) is 3.98. The molecule has 1 fully saturated rings. The first kappa shape index (κ1) is 22.9. The quantitative estimate of drug-likeness (QED) is 0.587. The zero-order chi connectivity index (χ0) is 22.1. The number of thiazole rings is 1. The van der Waals surface area contributed by atoms with Crippen LogP contribution in [0, 0.1) is 0 Å². The largest absolute Gasteiger partial charge is 0.376 e. The highest BCUT2D eigenvalue weighted by atomic mass is 32.1. The van der Waals surface area contributed by atoms with E-state index in [4.69, 9.17) is 4.74 Å². The standard InChI is InChI=1S/C22H28N4O4S/c1-2-16-6-3-4-8-18(16)26(15-20(28)24-14-17-7-5-12-30-17)21(29)10-9-19(27)25-22-23-11-13-31-22/h3-4,6,8,11,13,17H,2,5,7,9-10,12,14-15H2,1H3,(H,24,28)(H,23,25,27)/t17-/m1/s1. The predicted octanol–water partition coefficient (Wildman–Crippen LogP) is 2.75. The number of rotatable bonds is 10. The van der Waals surface area contributed by atoms with Crippen LogP contribution in [0.15, 0.2) is 35.8 Å². The number of aromatic nitrogens is 1. The van der Waals surface area contributed by atoms with Crippen molar-refractivity contribution in [2.24, 2.45) is 0 Å². The number of hydrogen-bond donors (Lipinski definition) is 2. The number of benzene rings is 1. The van der Waals surface area contributed by atoms with E-state index < -0.39 is 0 Å². The first-order valence-corrected chi connectivity index (χ1v) is 11.4. The van der Waals surface area contributed by atoms with Crippen LogP contribution < -0.4 is 15.5 Å². The Bertz CT molecular complexity index is 881. The van der Waals surface area contributed by atoms with E-state index in [2.05, 4.69) is 15.6 Å². The Morgan fingerprint density at radius 1 is 1.23 bits per heavy atom. The molecule has 1 aliphatic heterocycles. The number of carbonyl (C=O) groups excluding carboxylic acids is 3. The van der Waals surface area contributed by atoms with Gasteiger partial charge in [-0.05, 0) is 30.9 Å². The molecule has 8 nitrogen and oxygen atoms in total. The first-order chi connectivity index (χ1) is 15.1. The molecule has 166 valence electrons. The maximum atomic E-state index is 13.0. The molecule has 2 heterocycles. The number of carbonyl (C=O) groups is 3. The van der Waals surface area contributed by atoms with E-state index in [1.54, 1.807) is 11.6 Å². The molecule has 0 aliphatic carbocycles. The molecule has 1 atom stereocenters. The Labute approximate surface area is 186 Å². The number of ether oxygens (including phenoxy) is 1. The molecule has 2 aromatic rings. The van der Waals surface area contributed by atoms with Crippen LogP contribution in [-0.4, -0.2) is 48.5 Å². The van der Waals surface area contributed by atoms with E-state index in [1.165, 1.54) is 16.2 Å². The number of nitrogens with one attached hydrogen (secondary N) is 2. The van der Waals surface area contributed by atoms with Gasteiger partial charge in [0.05, 0.1) is 6.10 Å². The molecule has 0 saturated carbocycles. The van der Waals surface area contributed by atoms with Crippen molar-refractivity contribution in [3.63, 3.8) is 0 Å². The molecule has 0 bridgehead atoms. The van der Waals surface area contributed by atoms with Crippen molar-refractivity contribution in [2.75, 3.05) is 29.9 Å². The van der Waals surface area contributed by atoms with Crippen molar-refractivity contribution in [3.05, 3.63) is 41.4 Å². The second-order valence-electron chi connectivity index (χ2n) is 7.29. The van der Waals surface area contributed by atoms with Gasteiger partial charge in [0.25, 0.3) is 0 Å². The zero-order valence-electron chi connectivity index (χ0n) is 17.6. The van der Waals surface area contributed by atoms with Crippen molar-refractivity contribution < 1.29 is 19.1 Å². The molecule has 3 amide bonds. The average Bonchev–Trinajstić information content (AvgIpc) is 3.48. The topological polar surface area (TPSA) is 101 Å². The predicted molar refractivity (Wildman–Crippen MR) is 120 cm³/mol. The molecular weight excluding hydrogens is 416 g/mol. The second kappa shape index (κ2) is 11.6. The maximum absolute atomic E-state index is 13.0. The Balaban J connectivity index is 1.63. The van der Waals surface area contributed by atoms with Crippen LogP contribution in [0.3, 0.4) is 0 Å². The van der Waals surface area contributed by atoms with Gasteiger partial charge in [0.2, 0.25) is 17.7 Å². The summed E-state index contributed by atoms with van der Waals surface area (Å²) in [6.07, 6.45) is 4.29. The SMILES string of the molecule is CCc1ccccc1N(CC(=O)NC[C@H]1CCCO1)C(=O)CCC(=O)Nc1nccs1. The molecule has 0 radical (unpaired) electrons. The van der Waals surface area contributed by atoms with Crippen molar-refractivity contribution in [3.8, 4) is 0 Å². The summed E-state index contributed by atoms with van der Waals surface area (Å²) in [5.41, 5.74) is 1.66. The minimum Gasteiger partial charge on any atom is -0.376 e. The lowest BCUT2D eigenvalue weighted by atomic mass is 10.1. The molecule has 1 saturated heterocycles. The van der Waals surface area contributed by atoms with E-state index in [1.807, 2.05) is 31.2 Å². The summed E-state index contributed by atoms with van der Waals surface area (Å²) in [4.78, 5) is 43.3. The number of para-hydroxylation sites is 1. The van der Waals surface area contributed by atoms with Gasteiger partial charge in [0.1, 0.15) is 6.54 Å². The molecule has 0 spiro atoms. The molecular formula is C22H28N4O4S. The summed E-state index contributed by atoms with van der Waals surface area (Å²) < 4.78 is 5.54. The summed E-state index contributed by atoms with van der Waals surface area (Å²) >= 11 is 1.32. The van der Waals surface area contributed by atoms with Crippen LogP contribution in [-0.2, 0) is 25.5 Å². The molecule has 1 aromatic carbocycles. The molecule has 3 rings (SSSR count). The molecule has 1 aromatic heterocycles. The van der Waals surface area contributed by atoms with Crippen LogP contribution in [0.5, 0.6) is 0 Å². The Kier molecular flexibility index (Phi) is 8.54. The number of anilines is 2. The lowest BCUT2D eigenvalue weighted by Gasteiger charge is -2.25. The van der Waals surface area contributed by atoms with Crippen molar-refractivity contribution >= 4 is 39.9 Å². The molecule has 9 heteroatoms. The van der Waals surface area contributed by atoms with Gasteiger partial charge >= 0.3 is 0 Å². The van der Waals surface area contributed by atoms with Crippen LogP contribution in [0.25, 0.3) is 0 Å². The average molecular weight is 445 g/mol. The lowest BCUT2D eigenvalue weighted by molar-refractivity contribution is -0.125. The van der Waals surface area contributed by atoms with Gasteiger partial charge in [0, 0.05) is 43.3 Å². The fourth-order valence-electron chi connectivity index (χ4n) is 3.44. The van der Waals surface area contributed by atoms with Gasteiger partial charge in [-0.3, -0.25) is 14.4 Å². The minimum atomic E-state index is -0.283. The molecule has 1 aliphatic rings. The van der Waals surface area contributed by atoms with Crippen molar-refractivity contribution in [1.29, 1.82) is 0 Å². The molecule has 31 heavy (non-hydrogen) atoms. The van der Waals surface area contributed by atoms with Crippen LogP contribution in [0.2, 0.25) is 0 Å². The number of aryl methyl sites for hydroxylation is 1. The second-order valence-corrected chi connectivity index (χ2v) is 8.18. The summed E-state index contributed by atoms with van der Waals surface area (Å²) in [7, 11) is 0. The van der Waals surface area contributed by atoms with E-state index in [0.29, 0.717) is 17.4 Å². The third-order valence-electron chi connectivity index (χ3n) is 5.06. The zero-order valence-corrected chi connectivity index (χ0v) is 18.5. The van der Waals surface area contributed by atoms with Crippen molar-refractivity contribution in [1.82, 2.24) is 10.3 Å². The minimum absolute atomic E-state index is 0.00568. The highest BCUT2D eigenvalue weighted by Crippen LogP contribution is 2.22. The lowest BCUT2D eigenvalue weighted by Crippen LogP contribution is -2.43. The van der Waals surface area contributed by atoms with Crippen molar-refractivity contribution in [2.45, 2.75) is 45.1 Å². The maximum Gasteiger partial charge on any atom is 0.240 e. The number of nitrogens with zero attached hydrogens (tertiary/aromatic N) is 2. The molecule has 2 N–H and O–H groups in total. The number of hydrogen-bond acceptors (Lipinski definition) is 6. The molecule has 0 unspecified atom stereocenters. The first-order valence-electron chi connectivity index (χ1n) is 10.5. The van der Waals surface area contributed by atoms with Gasteiger partial charge in [-0.25, -0.2) is 4.98 Å². The third kappa shape index (κ3) is 6.86. The van der Waals surface area contributed by atoms with E-state index in [0.717, 1.165) is 31.4 Å². The van der Waals surface area contributed by atoms with Gasteiger partial charge in [-0.1, -0.05) is 25.1 Å². The summed E-state index contributed by atoms with van der Waals surface area (Å²) in [6.45, 7) is 3.06. The highest BCUT2D eigenvalue weighted by Gasteiger charge is 2.23. The van der Waals surface area contributed by atoms with E-state index in [-0.39, 0.29) is 43.2 Å². The number of amides is 3. The summed E-state index contributed by atoms with van der Waals surface area (Å²) in [5.74, 6) is -0.806. The fraction of sp³-hybridized carbons (Fsp3) is 0.455. The summed E-state index contributed by atoms with van der Waals surface area (Å²) in [5, 5.41) is 7.81. The Morgan fingerprint density at radius 3 is 2.77 bits per heavy atom. The van der Waals surface area contributed by atoms with Gasteiger partial charge < -0.3 is 20.3 Å². The Morgan fingerprint density at radius 2 is 2.06 bits per heavy atom. The highest BCUT2D eigenvalue weighted by molar-refractivity contribution is 7.13. The van der Waals surface area contributed by atoms with E-state index >= 15 is 0 Å². The van der Waals surface area contributed by atoms with Crippen LogP contribution in [0.4, 0.5) is 10.8 Å². The smallest absolute Gasteiger partial charge is 0.240 e. The van der Waals surface area contributed by atoms with Crippen LogP contribution in [0.1, 0.15) is 38.2 Å². The van der Waals surface area contributed by atoms with Crippen LogP contribution >= 0.6 is 11.3 Å². The van der Waals surface area contributed by atoms with Gasteiger partial charge in [0.15, 0.2) is 5.13 Å². The van der Waals surface area contributed by atoms with Gasteiger partial charge in [-0.2, -0.15) is 0 Å². The van der Waals surface area contributed by atoms with Gasteiger partial charge in [-0.15, -0.1) is 11.3 Å². The Hall–Kier alpha value is -2.78. The monoisotopic (exact) mass is 444 g/mol. The normalized spacial score (nSPS) is 15.5.